The van der Waals surface area contributed by atoms with Gasteiger partial charge in [-0.1, -0.05) is 29.3 Å². The average molecular weight is 253 g/mol. The van der Waals surface area contributed by atoms with Gasteiger partial charge in [0, 0.05) is 18.0 Å². The van der Waals surface area contributed by atoms with Crippen LogP contribution in [0.5, 0.6) is 0 Å². The smallest absolute Gasteiger partial charge is 0.160 e. The first-order valence-electron chi connectivity index (χ1n) is 4.44. The Morgan fingerprint density at radius 1 is 1.12 bits per heavy atom. The van der Waals surface area contributed by atoms with Crippen molar-refractivity contribution in [3.8, 4) is 11.4 Å². The first-order valence-corrected chi connectivity index (χ1v) is 5.19. The van der Waals surface area contributed by atoms with Crippen LogP contribution < -0.4 is 0 Å². The summed E-state index contributed by atoms with van der Waals surface area (Å²) in [6.45, 7) is 0. The molecular weight excluding hydrogens is 247 g/mol. The molecule has 0 N–H and O–H groups in total. The number of nitrogens with zero attached hydrogens (tertiary/aromatic N) is 2. The summed E-state index contributed by atoms with van der Waals surface area (Å²) in [5, 5.41) is 0.852. The Morgan fingerprint density at radius 2 is 1.81 bits per heavy atom. The Labute approximate surface area is 102 Å². The molecule has 0 fully saturated rings. The normalized spacial score (nSPS) is 10.1. The number of hydrogen-bond donors (Lipinski definition) is 0. The summed E-state index contributed by atoms with van der Waals surface area (Å²) in [5.41, 5.74) is 1.06. The van der Waals surface area contributed by atoms with Crippen molar-refractivity contribution in [1.29, 1.82) is 0 Å². The van der Waals surface area contributed by atoms with E-state index >= 15 is 0 Å². The van der Waals surface area contributed by atoms with Gasteiger partial charge in [-0.2, -0.15) is 0 Å². The van der Waals surface area contributed by atoms with Gasteiger partial charge < -0.3 is 0 Å². The minimum Gasteiger partial charge on any atom is -0.298 e. The second-order valence-corrected chi connectivity index (χ2v) is 3.84. The zero-order valence-electron chi connectivity index (χ0n) is 8.02. The zero-order valence-corrected chi connectivity index (χ0v) is 9.53. The van der Waals surface area contributed by atoms with E-state index < -0.39 is 0 Å². The van der Waals surface area contributed by atoms with Crippen molar-refractivity contribution >= 4 is 29.5 Å². The van der Waals surface area contributed by atoms with E-state index in [0.717, 1.165) is 0 Å². The van der Waals surface area contributed by atoms with Crippen LogP contribution in [0.15, 0.2) is 30.6 Å². The van der Waals surface area contributed by atoms with Crippen LogP contribution in [0.1, 0.15) is 10.4 Å². The van der Waals surface area contributed by atoms with E-state index in [0.29, 0.717) is 33.3 Å². The minimum absolute atomic E-state index is 0.406. The molecule has 16 heavy (non-hydrogen) atoms. The monoisotopic (exact) mass is 252 g/mol. The van der Waals surface area contributed by atoms with Crippen molar-refractivity contribution in [3.63, 3.8) is 0 Å². The first-order chi connectivity index (χ1) is 7.72. The molecule has 0 aliphatic carbocycles. The predicted octanol–water partition coefficient (Wildman–Crippen LogP) is 3.26. The molecule has 0 aliphatic rings. The average Bonchev–Trinajstić information content (AvgIpc) is 2.33. The Morgan fingerprint density at radius 3 is 2.44 bits per heavy atom. The molecule has 0 radical (unpaired) electrons. The molecule has 1 aromatic heterocycles. The Balaban J connectivity index is 2.50. The van der Waals surface area contributed by atoms with Crippen LogP contribution in [0.2, 0.25) is 10.0 Å². The molecule has 2 aromatic rings. The van der Waals surface area contributed by atoms with E-state index in [-0.39, 0.29) is 0 Å². The molecule has 0 amide bonds. The van der Waals surface area contributed by atoms with Gasteiger partial charge in [0.15, 0.2) is 12.1 Å². The van der Waals surface area contributed by atoms with E-state index in [1.54, 1.807) is 18.2 Å². The van der Waals surface area contributed by atoms with E-state index in [9.17, 15) is 4.79 Å². The van der Waals surface area contributed by atoms with Crippen molar-refractivity contribution in [2.45, 2.75) is 0 Å². The van der Waals surface area contributed by atoms with Crippen molar-refractivity contribution < 1.29 is 4.79 Å². The van der Waals surface area contributed by atoms with Crippen LogP contribution >= 0.6 is 23.2 Å². The van der Waals surface area contributed by atoms with E-state index in [1.165, 1.54) is 12.4 Å². The first kappa shape index (κ1) is 11.0. The molecule has 0 bridgehead atoms. The third-order valence-corrected chi connectivity index (χ3v) is 2.82. The molecular formula is C11H6Cl2N2O. The van der Waals surface area contributed by atoms with E-state index in [2.05, 4.69) is 9.97 Å². The van der Waals surface area contributed by atoms with Gasteiger partial charge in [-0.05, 0) is 12.1 Å². The SMILES string of the molecule is O=Cc1cnc(-c2cccc(Cl)c2Cl)nc1. The Bertz CT molecular complexity index is 526. The topological polar surface area (TPSA) is 42.9 Å². The molecule has 1 heterocycles. The highest BCUT2D eigenvalue weighted by atomic mass is 35.5. The van der Waals surface area contributed by atoms with Gasteiger partial charge in [0.1, 0.15) is 0 Å². The van der Waals surface area contributed by atoms with E-state index in [1.807, 2.05) is 0 Å². The van der Waals surface area contributed by atoms with Crippen molar-refractivity contribution in [2.24, 2.45) is 0 Å². The molecule has 1 aromatic carbocycles. The van der Waals surface area contributed by atoms with Gasteiger partial charge in [-0.3, -0.25) is 4.79 Å². The Kier molecular flexibility index (Phi) is 3.17. The van der Waals surface area contributed by atoms with Gasteiger partial charge in [0.2, 0.25) is 0 Å². The minimum atomic E-state index is 0.406. The highest BCUT2D eigenvalue weighted by molar-refractivity contribution is 6.43. The third kappa shape index (κ3) is 2.05. The van der Waals surface area contributed by atoms with Crippen molar-refractivity contribution in [1.82, 2.24) is 9.97 Å². The van der Waals surface area contributed by atoms with Gasteiger partial charge in [0.05, 0.1) is 15.6 Å². The summed E-state index contributed by atoms with van der Waals surface area (Å²) in [5.74, 6) is 0.443. The number of rotatable bonds is 2. The van der Waals surface area contributed by atoms with E-state index in [4.69, 9.17) is 23.2 Å². The molecule has 0 spiro atoms. The number of benzene rings is 1. The van der Waals surface area contributed by atoms with Gasteiger partial charge in [-0.15, -0.1) is 0 Å². The second-order valence-electron chi connectivity index (χ2n) is 3.06. The van der Waals surface area contributed by atoms with Crippen LogP contribution in [0, 0.1) is 0 Å². The number of carbonyl (C=O) groups excluding carboxylic acids is 1. The van der Waals surface area contributed by atoms with Crippen LogP contribution in [0.3, 0.4) is 0 Å². The highest BCUT2D eigenvalue weighted by Crippen LogP contribution is 2.31. The summed E-state index contributed by atoms with van der Waals surface area (Å²) in [6, 6.07) is 5.22. The third-order valence-electron chi connectivity index (χ3n) is 2.00. The molecule has 2 rings (SSSR count). The molecule has 80 valence electrons. The van der Waals surface area contributed by atoms with Crippen molar-refractivity contribution in [3.05, 3.63) is 46.2 Å². The predicted molar refractivity (Wildman–Crippen MR) is 62.9 cm³/mol. The van der Waals surface area contributed by atoms with Crippen LogP contribution in [-0.2, 0) is 0 Å². The maximum Gasteiger partial charge on any atom is 0.160 e. The molecule has 0 saturated heterocycles. The van der Waals surface area contributed by atoms with Crippen LogP contribution in [0.4, 0.5) is 0 Å². The fourth-order valence-corrected chi connectivity index (χ4v) is 1.60. The van der Waals surface area contributed by atoms with Gasteiger partial charge in [0.25, 0.3) is 0 Å². The lowest BCUT2D eigenvalue weighted by molar-refractivity contribution is 0.112. The molecule has 3 nitrogen and oxygen atoms in total. The summed E-state index contributed by atoms with van der Waals surface area (Å²) in [4.78, 5) is 18.5. The lowest BCUT2D eigenvalue weighted by Gasteiger charge is -2.03. The zero-order chi connectivity index (χ0) is 11.5. The number of hydrogen-bond acceptors (Lipinski definition) is 3. The molecule has 5 heteroatoms. The lowest BCUT2D eigenvalue weighted by Crippen LogP contribution is -1.92. The fourth-order valence-electron chi connectivity index (χ4n) is 1.21. The molecule has 0 unspecified atom stereocenters. The van der Waals surface area contributed by atoms with Gasteiger partial charge >= 0.3 is 0 Å². The summed E-state index contributed by atoms with van der Waals surface area (Å²) >= 11 is 11.9. The van der Waals surface area contributed by atoms with Crippen LogP contribution in [0.25, 0.3) is 11.4 Å². The number of carbonyl (C=O) groups is 1. The number of aldehydes is 1. The van der Waals surface area contributed by atoms with Crippen LogP contribution in [-0.4, -0.2) is 16.3 Å². The maximum absolute atomic E-state index is 10.4. The van der Waals surface area contributed by atoms with Crippen molar-refractivity contribution in [2.75, 3.05) is 0 Å². The fraction of sp³-hybridized carbons (Fsp3) is 0. The van der Waals surface area contributed by atoms with Gasteiger partial charge in [-0.25, -0.2) is 9.97 Å². The summed E-state index contributed by atoms with van der Waals surface area (Å²) < 4.78 is 0. The molecule has 0 aliphatic heterocycles. The Hall–Kier alpha value is -1.45. The largest absolute Gasteiger partial charge is 0.298 e. The quantitative estimate of drug-likeness (QED) is 0.771. The number of halogens is 2. The standard InChI is InChI=1S/C11H6Cl2N2O/c12-9-3-1-2-8(10(9)13)11-14-4-7(6-16)5-15-11/h1-6H. The molecule has 0 atom stereocenters. The lowest BCUT2D eigenvalue weighted by atomic mass is 10.2. The highest BCUT2D eigenvalue weighted by Gasteiger charge is 2.08. The number of aromatic nitrogens is 2. The summed E-state index contributed by atoms with van der Waals surface area (Å²) in [6.07, 6.45) is 3.56. The second kappa shape index (κ2) is 4.60. The summed E-state index contributed by atoms with van der Waals surface area (Å²) in [7, 11) is 0. The maximum atomic E-state index is 10.4. The molecule has 0 saturated carbocycles.